The van der Waals surface area contributed by atoms with Crippen molar-refractivity contribution in [3.05, 3.63) is 65.0 Å². The van der Waals surface area contributed by atoms with Crippen LogP contribution in [0.3, 0.4) is 0 Å². The van der Waals surface area contributed by atoms with Crippen LogP contribution in [0.1, 0.15) is 20.8 Å². The van der Waals surface area contributed by atoms with E-state index in [1.807, 2.05) is 24.3 Å². The summed E-state index contributed by atoms with van der Waals surface area (Å²) in [4.78, 5) is 18.8. The van der Waals surface area contributed by atoms with Gasteiger partial charge in [0.05, 0.1) is 21.2 Å². The maximum atomic E-state index is 13.2. The first-order valence-electron chi connectivity index (χ1n) is 9.11. The Morgan fingerprint density at radius 1 is 1.07 bits per heavy atom. The van der Waals surface area contributed by atoms with Crippen LogP contribution in [0.2, 0.25) is 0 Å². The molecule has 2 aromatic carbocycles. The molecule has 0 saturated carbocycles. The van der Waals surface area contributed by atoms with Crippen molar-refractivity contribution in [3.63, 3.8) is 0 Å². The second-order valence-electron chi connectivity index (χ2n) is 7.85. The predicted molar refractivity (Wildman–Crippen MR) is 115 cm³/mol. The van der Waals surface area contributed by atoms with Crippen LogP contribution in [0.5, 0.6) is 0 Å². The molecule has 0 aliphatic carbocycles. The molecule has 0 amide bonds. The fourth-order valence-corrected chi connectivity index (χ4v) is 4.44. The molecular formula is C22H19N3O2S. The summed E-state index contributed by atoms with van der Waals surface area (Å²) < 4.78 is 8.99. The topological polar surface area (TPSA) is 59.5 Å². The van der Waals surface area contributed by atoms with Gasteiger partial charge >= 0.3 is 0 Å². The molecule has 3 heterocycles. The minimum atomic E-state index is -0.204. The molecule has 0 spiro atoms. The van der Waals surface area contributed by atoms with E-state index in [-0.39, 0.29) is 11.0 Å². The Hall–Kier alpha value is -3.12. The van der Waals surface area contributed by atoms with Crippen molar-refractivity contribution in [2.45, 2.75) is 26.3 Å². The van der Waals surface area contributed by atoms with Gasteiger partial charge in [0.1, 0.15) is 23.4 Å². The molecule has 3 aromatic heterocycles. The first-order valence-corrected chi connectivity index (χ1v) is 9.93. The lowest BCUT2D eigenvalue weighted by Gasteiger charge is -2.22. The van der Waals surface area contributed by atoms with E-state index in [0.717, 1.165) is 21.0 Å². The van der Waals surface area contributed by atoms with Gasteiger partial charge in [-0.3, -0.25) is 9.20 Å². The Balaban J connectivity index is 1.86. The second kappa shape index (κ2) is 5.94. The van der Waals surface area contributed by atoms with E-state index in [4.69, 9.17) is 9.40 Å². The van der Waals surface area contributed by atoms with E-state index < -0.39 is 0 Å². The van der Waals surface area contributed by atoms with Crippen LogP contribution in [-0.4, -0.2) is 14.9 Å². The number of anilines is 1. The Morgan fingerprint density at radius 3 is 2.64 bits per heavy atom. The molecule has 0 unspecified atom stereocenters. The minimum Gasteiger partial charge on any atom is -0.463 e. The molecule has 6 heteroatoms. The van der Waals surface area contributed by atoms with Crippen molar-refractivity contribution in [2.75, 3.05) is 5.32 Å². The lowest BCUT2D eigenvalue weighted by molar-refractivity contribution is 0.604. The van der Waals surface area contributed by atoms with Gasteiger partial charge in [0.2, 0.25) is 5.43 Å². The summed E-state index contributed by atoms with van der Waals surface area (Å²) in [6.07, 6.45) is 1.52. The van der Waals surface area contributed by atoms with Gasteiger partial charge < -0.3 is 9.73 Å². The fourth-order valence-electron chi connectivity index (χ4n) is 3.42. The summed E-state index contributed by atoms with van der Waals surface area (Å²) >= 11 is 1.61. The number of nitrogens with one attached hydrogen (secondary N) is 1. The zero-order valence-electron chi connectivity index (χ0n) is 15.8. The van der Waals surface area contributed by atoms with E-state index in [1.165, 1.54) is 6.26 Å². The summed E-state index contributed by atoms with van der Waals surface area (Å²) in [5.41, 5.74) is 2.45. The lowest BCUT2D eigenvalue weighted by atomic mass is 10.1. The SMILES string of the molecule is CC(C)(C)Nc1c(-c2coc3ccccc3c2=O)nc2sc3ccccc3n12. The first-order chi connectivity index (χ1) is 13.4. The normalized spacial score (nSPS) is 12.2. The zero-order chi connectivity index (χ0) is 19.5. The average Bonchev–Trinajstić information content (AvgIpc) is 3.18. The summed E-state index contributed by atoms with van der Waals surface area (Å²) in [7, 11) is 0. The van der Waals surface area contributed by atoms with Gasteiger partial charge in [-0.1, -0.05) is 35.6 Å². The number of benzene rings is 2. The Bertz CT molecular complexity index is 1400. The van der Waals surface area contributed by atoms with Crippen molar-refractivity contribution in [1.82, 2.24) is 9.38 Å². The molecule has 0 atom stereocenters. The molecule has 5 rings (SSSR count). The monoisotopic (exact) mass is 389 g/mol. The predicted octanol–water partition coefficient (Wildman–Crippen LogP) is 5.53. The van der Waals surface area contributed by atoms with Crippen LogP contribution in [-0.2, 0) is 0 Å². The molecule has 5 aromatic rings. The highest BCUT2D eigenvalue weighted by Gasteiger charge is 2.24. The Labute approximate surface area is 165 Å². The summed E-state index contributed by atoms with van der Waals surface area (Å²) in [5.74, 6) is 0.808. The van der Waals surface area contributed by atoms with Gasteiger partial charge in [0.25, 0.3) is 0 Å². The molecule has 28 heavy (non-hydrogen) atoms. The third-order valence-corrected chi connectivity index (χ3v) is 5.60. The molecule has 5 nitrogen and oxygen atoms in total. The molecule has 0 aliphatic rings. The molecular weight excluding hydrogens is 370 g/mol. The van der Waals surface area contributed by atoms with E-state index in [0.29, 0.717) is 22.2 Å². The highest BCUT2D eigenvalue weighted by Crippen LogP contribution is 2.36. The van der Waals surface area contributed by atoms with Crippen LogP contribution in [0, 0.1) is 0 Å². The molecule has 1 N–H and O–H groups in total. The molecule has 0 fully saturated rings. The Morgan fingerprint density at radius 2 is 1.82 bits per heavy atom. The number of hydrogen-bond donors (Lipinski definition) is 1. The van der Waals surface area contributed by atoms with Crippen LogP contribution >= 0.6 is 11.3 Å². The van der Waals surface area contributed by atoms with Crippen molar-refractivity contribution in [2.24, 2.45) is 0 Å². The Kier molecular flexibility index (Phi) is 3.61. The minimum absolute atomic E-state index is 0.0751. The maximum absolute atomic E-state index is 13.2. The summed E-state index contributed by atoms with van der Waals surface area (Å²) in [5, 5.41) is 4.11. The molecule has 0 aliphatic heterocycles. The standard InChI is InChI=1S/C22H19N3O2S/c1-22(2,3)24-20-18(14-12-27-16-10-6-4-8-13(16)19(14)26)23-21-25(20)15-9-5-7-11-17(15)28-21/h4-12,24H,1-3H3. The number of aromatic nitrogens is 2. The summed E-state index contributed by atoms with van der Waals surface area (Å²) in [6, 6.07) is 15.5. The van der Waals surface area contributed by atoms with Crippen LogP contribution < -0.4 is 10.7 Å². The molecule has 0 bridgehead atoms. The van der Waals surface area contributed by atoms with Gasteiger partial charge in [-0.05, 0) is 45.0 Å². The third-order valence-electron chi connectivity index (χ3n) is 4.58. The van der Waals surface area contributed by atoms with Gasteiger partial charge in [-0.2, -0.15) is 0 Å². The highest BCUT2D eigenvalue weighted by molar-refractivity contribution is 7.23. The van der Waals surface area contributed by atoms with E-state index in [2.05, 4.69) is 42.6 Å². The van der Waals surface area contributed by atoms with Crippen LogP contribution in [0.25, 0.3) is 37.4 Å². The van der Waals surface area contributed by atoms with Crippen LogP contribution in [0.4, 0.5) is 5.82 Å². The number of hydrogen-bond acceptors (Lipinski definition) is 5. The van der Waals surface area contributed by atoms with Crippen molar-refractivity contribution in [3.8, 4) is 11.3 Å². The van der Waals surface area contributed by atoms with Crippen molar-refractivity contribution in [1.29, 1.82) is 0 Å². The largest absolute Gasteiger partial charge is 0.463 e. The van der Waals surface area contributed by atoms with E-state index >= 15 is 0 Å². The van der Waals surface area contributed by atoms with Crippen molar-refractivity contribution >= 4 is 43.3 Å². The number of para-hydroxylation sites is 2. The van der Waals surface area contributed by atoms with E-state index in [1.54, 1.807) is 23.5 Å². The number of thiazole rings is 1. The van der Waals surface area contributed by atoms with Crippen LogP contribution in [0.15, 0.2) is 64.0 Å². The second-order valence-corrected chi connectivity index (χ2v) is 8.86. The number of rotatable bonds is 2. The van der Waals surface area contributed by atoms with Gasteiger partial charge in [0.15, 0.2) is 4.96 Å². The van der Waals surface area contributed by atoms with E-state index in [9.17, 15) is 4.79 Å². The molecule has 0 saturated heterocycles. The zero-order valence-corrected chi connectivity index (χ0v) is 16.6. The maximum Gasteiger partial charge on any atom is 0.202 e. The summed E-state index contributed by atoms with van der Waals surface area (Å²) in [6.45, 7) is 6.27. The number of fused-ring (bicyclic) bond motifs is 4. The third kappa shape index (κ3) is 2.60. The number of imidazole rings is 1. The number of nitrogens with zero attached hydrogens (tertiary/aromatic N) is 2. The van der Waals surface area contributed by atoms with Gasteiger partial charge in [-0.25, -0.2) is 4.98 Å². The van der Waals surface area contributed by atoms with Gasteiger partial charge in [0, 0.05) is 5.54 Å². The fraction of sp³-hybridized carbons (Fsp3) is 0.182. The molecule has 140 valence electrons. The lowest BCUT2D eigenvalue weighted by Crippen LogP contribution is -2.27. The average molecular weight is 389 g/mol. The van der Waals surface area contributed by atoms with Gasteiger partial charge in [-0.15, -0.1) is 0 Å². The quantitative estimate of drug-likeness (QED) is 0.431. The molecule has 0 radical (unpaired) electrons. The highest BCUT2D eigenvalue weighted by atomic mass is 32.1. The smallest absolute Gasteiger partial charge is 0.202 e. The first kappa shape index (κ1) is 17.0. The van der Waals surface area contributed by atoms with Crippen molar-refractivity contribution < 1.29 is 4.42 Å².